The van der Waals surface area contributed by atoms with Crippen LogP contribution in [0.15, 0.2) is 0 Å². The summed E-state index contributed by atoms with van der Waals surface area (Å²) in [6.45, 7) is 3.64. The molecule has 4 heteroatoms. The zero-order valence-corrected chi connectivity index (χ0v) is 7.90. The van der Waals surface area contributed by atoms with E-state index < -0.39 is 29.5 Å². The zero-order valence-electron chi connectivity index (χ0n) is 7.90. The monoisotopic (exact) mass is 188 g/mol. The molecule has 1 aliphatic rings. The van der Waals surface area contributed by atoms with Gasteiger partial charge in [-0.3, -0.25) is 4.79 Å². The molecule has 0 saturated heterocycles. The summed E-state index contributed by atoms with van der Waals surface area (Å²) in [7, 11) is 0. The SMILES string of the molecule is CC1(C)CCC(O)C(C(=O)O)C1O. The summed E-state index contributed by atoms with van der Waals surface area (Å²) in [4.78, 5) is 10.7. The molecule has 0 aromatic carbocycles. The van der Waals surface area contributed by atoms with E-state index in [1.807, 2.05) is 13.8 Å². The maximum atomic E-state index is 10.7. The quantitative estimate of drug-likeness (QED) is 0.550. The number of rotatable bonds is 1. The number of hydrogen-bond acceptors (Lipinski definition) is 3. The highest BCUT2D eigenvalue weighted by atomic mass is 16.4. The third-order valence-electron chi connectivity index (χ3n) is 2.92. The van der Waals surface area contributed by atoms with Crippen molar-refractivity contribution in [2.24, 2.45) is 11.3 Å². The van der Waals surface area contributed by atoms with Crippen LogP contribution in [-0.4, -0.2) is 33.5 Å². The van der Waals surface area contributed by atoms with Gasteiger partial charge in [0.2, 0.25) is 0 Å². The van der Waals surface area contributed by atoms with Gasteiger partial charge < -0.3 is 15.3 Å². The van der Waals surface area contributed by atoms with Gasteiger partial charge in [-0.2, -0.15) is 0 Å². The maximum absolute atomic E-state index is 10.7. The van der Waals surface area contributed by atoms with Gasteiger partial charge >= 0.3 is 5.97 Å². The molecule has 0 radical (unpaired) electrons. The van der Waals surface area contributed by atoms with Crippen LogP contribution in [0.1, 0.15) is 26.7 Å². The number of aliphatic hydroxyl groups excluding tert-OH is 2. The fraction of sp³-hybridized carbons (Fsp3) is 0.889. The molecule has 1 fully saturated rings. The molecule has 3 unspecified atom stereocenters. The molecule has 0 spiro atoms. The number of carboxylic acids is 1. The van der Waals surface area contributed by atoms with Crippen molar-refractivity contribution in [1.82, 2.24) is 0 Å². The van der Waals surface area contributed by atoms with E-state index in [9.17, 15) is 15.0 Å². The van der Waals surface area contributed by atoms with Gasteiger partial charge in [0, 0.05) is 0 Å². The lowest BCUT2D eigenvalue weighted by atomic mass is 9.68. The lowest BCUT2D eigenvalue weighted by molar-refractivity contribution is -0.163. The normalized spacial score (nSPS) is 38.6. The van der Waals surface area contributed by atoms with Crippen molar-refractivity contribution in [2.45, 2.75) is 38.9 Å². The minimum atomic E-state index is -1.12. The van der Waals surface area contributed by atoms with Crippen LogP contribution in [0.4, 0.5) is 0 Å². The molecule has 3 atom stereocenters. The summed E-state index contributed by atoms with van der Waals surface area (Å²) in [6.07, 6.45) is -0.783. The summed E-state index contributed by atoms with van der Waals surface area (Å²) in [5.74, 6) is -2.16. The van der Waals surface area contributed by atoms with Crippen molar-refractivity contribution >= 4 is 5.97 Å². The highest BCUT2D eigenvalue weighted by Crippen LogP contribution is 2.39. The Hall–Kier alpha value is -0.610. The lowest BCUT2D eigenvalue weighted by Crippen LogP contribution is -2.50. The average molecular weight is 188 g/mol. The van der Waals surface area contributed by atoms with Gasteiger partial charge in [-0.05, 0) is 18.3 Å². The Kier molecular flexibility index (Phi) is 2.63. The predicted octanol–water partition coefficient (Wildman–Crippen LogP) is 0.229. The van der Waals surface area contributed by atoms with E-state index in [4.69, 9.17) is 5.11 Å². The van der Waals surface area contributed by atoms with Gasteiger partial charge in [0.15, 0.2) is 0 Å². The number of carboxylic acid groups (broad SMARTS) is 1. The average Bonchev–Trinajstić information content (AvgIpc) is 1.98. The minimum Gasteiger partial charge on any atom is -0.481 e. The Labute approximate surface area is 77.2 Å². The van der Waals surface area contributed by atoms with Gasteiger partial charge in [0.1, 0.15) is 5.92 Å². The minimum absolute atomic E-state index is 0.414. The summed E-state index contributed by atoms with van der Waals surface area (Å²) in [5, 5.41) is 27.9. The first-order valence-corrected chi connectivity index (χ1v) is 4.45. The second-order valence-corrected chi connectivity index (χ2v) is 4.40. The molecule has 4 nitrogen and oxygen atoms in total. The van der Waals surface area contributed by atoms with E-state index in [1.165, 1.54) is 0 Å². The number of carbonyl (C=O) groups is 1. The first-order valence-electron chi connectivity index (χ1n) is 4.45. The maximum Gasteiger partial charge on any atom is 0.311 e. The second kappa shape index (κ2) is 3.27. The first-order chi connectivity index (χ1) is 5.86. The van der Waals surface area contributed by atoms with Gasteiger partial charge in [0.25, 0.3) is 0 Å². The predicted molar refractivity (Wildman–Crippen MR) is 46.2 cm³/mol. The molecule has 1 aliphatic carbocycles. The molecular formula is C9H16O4. The van der Waals surface area contributed by atoms with Gasteiger partial charge in [-0.25, -0.2) is 0 Å². The standard InChI is InChI=1S/C9H16O4/c1-9(2)4-3-5(10)6(7(9)11)8(12)13/h5-7,10-11H,3-4H2,1-2H3,(H,12,13). The van der Waals surface area contributed by atoms with Gasteiger partial charge in [-0.15, -0.1) is 0 Å². The number of aliphatic hydroxyl groups is 2. The molecule has 0 aromatic heterocycles. The van der Waals surface area contributed by atoms with Crippen LogP contribution in [0, 0.1) is 11.3 Å². The third kappa shape index (κ3) is 1.84. The molecule has 3 N–H and O–H groups in total. The van der Waals surface area contributed by atoms with Crippen molar-refractivity contribution in [2.75, 3.05) is 0 Å². The topological polar surface area (TPSA) is 77.8 Å². The fourth-order valence-electron chi connectivity index (χ4n) is 1.84. The molecule has 1 saturated carbocycles. The highest BCUT2D eigenvalue weighted by molar-refractivity contribution is 5.71. The fourth-order valence-corrected chi connectivity index (χ4v) is 1.84. The van der Waals surface area contributed by atoms with Crippen molar-refractivity contribution in [3.63, 3.8) is 0 Å². The molecule has 76 valence electrons. The third-order valence-corrected chi connectivity index (χ3v) is 2.92. The molecular weight excluding hydrogens is 172 g/mol. The number of hydrogen-bond donors (Lipinski definition) is 3. The molecule has 0 aromatic rings. The molecule has 13 heavy (non-hydrogen) atoms. The van der Waals surface area contributed by atoms with Crippen LogP contribution >= 0.6 is 0 Å². The van der Waals surface area contributed by atoms with Crippen LogP contribution in [0.3, 0.4) is 0 Å². The van der Waals surface area contributed by atoms with Crippen molar-refractivity contribution in [3.8, 4) is 0 Å². The summed E-state index contributed by atoms with van der Waals surface area (Å²) in [5.41, 5.74) is -0.414. The zero-order chi connectivity index (χ0) is 10.2. The Balaban J connectivity index is 2.85. The summed E-state index contributed by atoms with van der Waals surface area (Å²) >= 11 is 0. The van der Waals surface area contributed by atoms with E-state index in [0.29, 0.717) is 12.8 Å². The molecule has 0 bridgehead atoms. The molecule has 0 aliphatic heterocycles. The number of aliphatic carboxylic acids is 1. The first kappa shape index (κ1) is 10.5. The lowest BCUT2D eigenvalue weighted by Gasteiger charge is -2.41. The molecule has 1 rings (SSSR count). The van der Waals surface area contributed by atoms with Crippen molar-refractivity contribution < 1.29 is 20.1 Å². The molecule has 0 heterocycles. The van der Waals surface area contributed by atoms with E-state index in [1.54, 1.807) is 0 Å². The molecule has 0 amide bonds. The smallest absolute Gasteiger partial charge is 0.311 e. The Bertz CT molecular complexity index is 212. The Morgan fingerprint density at radius 3 is 2.31 bits per heavy atom. The van der Waals surface area contributed by atoms with E-state index >= 15 is 0 Å². The van der Waals surface area contributed by atoms with E-state index in [-0.39, 0.29) is 0 Å². The summed E-state index contributed by atoms with van der Waals surface area (Å²) < 4.78 is 0. The second-order valence-electron chi connectivity index (χ2n) is 4.40. The Morgan fingerprint density at radius 2 is 1.92 bits per heavy atom. The van der Waals surface area contributed by atoms with Crippen molar-refractivity contribution in [1.29, 1.82) is 0 Å². The van der Waals surface area contributed by atoms with Crippen LogP contribution in [0.5, 0.6) is 0 Å². The largest absolute Gasteiger partial charge is 0.481 e. The summed E-state index contributed by atoms with van der Waals surface area (Å²) in [6, 6.07) is 0. The van der Waals surface area contributed by atoms with Crippen LogP contribution in [0.2, 0.25) is 0 Å². The van der Waals surface area contributed by atoms with Crippen LogP contribution in [0.25, 0.3) is 0 Å². The van der Waals surface area contributed by atoms with Crippen molar-refractivity contribution in [3.05, 3.63) is 0 Å². The Morgan fingerprint density at radius 1 is 1.38 bits per heavy atom. The van der Waals surface area contributed by atoms with E-state index in [2.05, 4.69) is 0 Å². The van der Waals surface area contributed by atoms with E-state index in [0.717, 1.165) is 0 Å². The van der Waals surface area contributed by atoms with Crippen LogP contribution in [-0.2, 0) is 4.79 Å². The highest BCUT2D eigenvalue weighted by Gasteiger charge is 2.46. The van der Waals surface area contributed by atoms with Gasteiger partial charge in [-0.1, -0.05) is 13.8 Å². The van der Waals surface area contributed by atoms with Crippen LogP contribution < -0.4 is 0 Å². The van der Waals surface area contributed by atoms with Gasteiger partial charge in [0.05, 0.1) is 12.2 Å².